The van der Waals surface area contributed by atoms with E-state index in [-0.39, 0.29) is 17.0 Å². The Morgan fingerprint density at radius 2 is 2.00 bits per heavy atom. The first-order valence-electron chi connectivity index (χ1n) is 6.05. The van der Waals surface area contributed by atoms with Crippen LogP contribution in [0, 0.1) is 24.0 Å². The molecule has 0 aliphatic rings. The Bertz CT molecular complexity index is 753. The fraction of sp³-hybridized carbons (Fsp3) is 0.143. The van der Waals surface area contributed by atoms with Gasteiger partial charge in [-0.1, -0.05) is 6.07 Å². The standard InChI is InChI=1S/C14H12N2O5/c1-8-6-12(17)21-9(2)13(8)14(18)15-10-4-3-5-11(7-10)16(19)20/h3-7H,1-2H3,(H,15,18). The van der Waals surface area contributed by atoms with Gasteiger partial charge in [-0.2, -0.15) is 0 Å². The lowest BCUT2D eigenvalue weighted by Gasteiger charge is -2.09. The van der Waals surface area contributed by atoms with Gasteiger partial charge in [0.25, 0.3) is 11.6 Å². The SMILES string of the molecule is Cc1cc(=O)oc(C)c1C(=O)Nc1cccc([N+](=O)[O-])c1. The highest BCUT2D eigenvalue weighted by molar-refractivity contribution is 6.05. The summed E-state index contributed by atoms with van der Waals surface area (Å²) in [6.07, 6.45) is 0. The van der Waals surface area contributed by atoms with E-state index in [1.54, 1.807) is 6.92 Å². The van der Waals surface area contributed by atoms with Crippen LogP contribution in [-0.2, 0) is 0 Å². The Morgan fingerprint density at radius 1 is 1.29 bits per heavy atom. The molecule has 0 saturated heterocycles. The maximum absolute atomic E-state index is 12.2. The topological polar surface area (TPSA) is 102 Å². The first-order chi connectivity index (χ1) is 9.88. The molecule has 0 bridgehead atoms. The van der Waals surface area contributed by atoms with Crippen LogP contribution < -0.4 is 10.9 Å². The van der Waals surface area contributed by atoms with Gasteiger partial charge in [-0.3, -0.25) is 14.9 Å². The predicted molar refractivity (Wildman–Crippen MR) is 75.5 cm³/mol. The number of hydrogen-bond donors (Lipinski definition) is 1. The summed E-state index contributed by atoms with van der Waals surface area (Å²) in [5, 5.41) is 13.2. The zero-order chi connectivity index (χ0) is 15.6. The van der Waals surface area contributed by atoms with Crippen molar-refractivity contribution in [2.24, 2.45) is 0 Å². The molecule has 7 heteroatoms. The molecule has 0 fully saturated rings. The van der Waals surface area contributed by atoms with Crippen molar-refractivity contribution in [2.75, 3.05) is 5.32 Å². The van der Waals surface area contributed by atoms with Gasteiger partial charge in [-0.05, 0) is 25.5 Å². The second kappa shape index (κ2) is 5.58. The van der Waals surface area contributed by atoms with Crippen molar-refractivity contribution in [3.8, 4) is 0 Å². The van der Waals surface area contributed by atoms with Gasteiger partial charge in [-0.25, -0.2) is 4.79 Å². The monoisotopic (exact) mass is 288 g/mol. The summed E-state index contributed by atoms with van der Waals surface area (Å²) < 4.78 is 4.89. The summed E-state index contributed by atoms with van der Waals surface area (Å²) in [5.41, 5.74) is 0.352. The summed E-state index contributed by atoms with van der Waals surface area (Å²) in [6, 6.07) is 6.80. The van der Waals surface area contributed by atoms with E-state index >= 15 is 0 Å². The van der Waals surface area contributed by atoms with E-state index in [1.165, 1.54) is 37.3 Å². The number of carbonyl (C=O) groups is 1. The maximum atomic E-state index is 12.2. The molecule has 1 amide bonds. The van der Waals surface area contributed by atoms with E-state index in [0.717, 1.165) is 0 Å². The lowest BCUT2D eigenvalue weighted by molar-refractivity contribution is -0.384. The molecule has 1 aromatic carbocycles. The highest BCUT2D eigenvalue weighted by atomic mass is 16.6. The predicted octanol–water partition coefficient (Wildman–Crippen LogP) is 2.42. The van der Waals surface area contributed by atoms with Crippen molar-refractivity contribution in [3.63, 3.8) is 0 Å². The number of non-ortho nitro benzene ring substituents is 1. The third kappa shape index (κ3) is 3.14. The average molecular weight is 288 g/mol. The molecule has 2 aromatic rings. The molecule has 2 rings (SSSR count). The van der Waals surface area contributed by atoms with Crippen LogP contribution in [0.5, 0.6) is 0 Å². The number of anilines is 1. The van der Waals surface area contributed by atoms with E-state index in [9.17, 15) is 19.7 Å². The number of carbonyl (C=O) groups excluding carboxylic acids is 1. The molecule has 21 heavy (non-hydrogen) atoms. The second-order valence-corrected chi connectivity index (χ2v) is 4.44. The first-order valence-corrected chi connectivity index (χ1v) is 6.05. The van der Waals surface area contributed by atoms with Crippen molar-refractivity contribution in [1.29, 1.82) is 0 Å². The minimum absolute atomic E-state index is 0.124. The van der Waals surface area contributed by atoms with Gasteiger partial charge in [0.2, 0.25) is 0 Å². The number of nitrogens with one attached hydrogen (secondary N) is 1. The van der Waals surface area contributed by atoms with Crippen LogP contribution in [-0.4, -0.2) is 10.8 Å². The van der Waals surface area contributed by atoms with Crippen LogP contribution in [0.15, 0.2) is 39.5 Å². The lowest BCUT2D eigenvalue weighted by Crippen LogP contribution is -2.17. The Morgan fingerprint density at radius 3 is 2.62 bits per heavy atom. The largest absolute Gasteiger partial charge is 0.427 e. The molecule has 108 valence electrons. The normalized spacial score (nSPS) is 10.2. The Balaban J connectivity index is 2.33. The third-order valence-corrected chi connectivity index (χ3v) is 2.88. The van der Waals surface area contributed by atoms with Crippen LogP contribution in [0.1, 0.15) is 21.7 Å². The van der Waals surface area contributed by atoms with Crippen LogP contribution >= 0.6 is 0 Å². The van der Waals surface area contributed by atoms with Crippen molar-refractivity contribution in [1.82, 2.24) is 0 Å². The summed E-state index contributed by atoms with van der Waals surface area (Å²) in [6.45, 7) is 3.13. The zero-order valence-corrected chi connectivity index (χ0v) is 11.4. The molecule has 1 N–H and O–H groups in total. The molecule has 0 spiro atoms. The summed E-state index contributed by atoms with van der Waals surface area (Å²) in [7, 11) is 0. The number of hydrogen-bond acceptors (Lipinski definition) is 5. The Kier molecular flexibility index (Phi) is 3.84. The van der Waals surface area contributed by atoms with Gasteiger partial charge < -0.3 is 9.73 Å². The number of nitrogens with zero attached hydrogens (tertiary/aromatic N) is 1. The molecule has 0 saturated carbocycles. The van der Waals surface area contributed by atoms with Gasteiger partial charge in [-0.15, -0.1) is 0 Å². The van der Waals surface area contributed by atoms with Gasteiger partial charge in [0, 0.05) is 23.9 Å². The van der Waals surface area contributed by atoms with Crippen molar-refractivity contribution >= 4 is 17.3 Å². The van der Waals surface area contributed by atoms with Gasteiger partial charge in [0.05, 0.1) is 10.5 Å². The number of nitro groups is 1. The van der Waals surface area contributed by atoms with Crippen LogP contribution in [0.4, 0.5) is 11.4 Å². The van der Waals surface area contributed by atoms with Crippen LogP contribution in [0.25, 0.3) is 0 Å². The molecule has 0 aliphatic carbocycles. The minimum atomic E-state index is -0.548. The van der Waals surface area contributed by atoms with E-state index in [4.69, 9.17) is 4.42 Å². The molecule has 0 unspecified atom stereocenters. The number of nitro benzene ring substituents is 1. The van der Waals surface area contributed by atoms with Gasteiger partial charge in [0.1, 0.15) is 5.76 Å². The first kappa shape index (κ1) is 14.4. The molecule has 1 aromatic heterocycles. The minimum Gasteiger partial charge on any atom is -0.427 e. The average Bonchev–Trinajstić information content (AvgIpc) is 2.37. The third-order valence-electron chi connectivity index (χ3n) is 2.88. The molecule has 0 radical (unpaired) electrons. The van der Waals surface area contributed by atoms with Gasteiger partial charge in [0.15, 0.2) is 0 Å². The summed E-state index contributed by atoms with van der Waals surface area (Å²) in [5.74, 6) is -0.294. The van der Waals surface area contributed by atoms with Crippen molar-refractivity contribution in [2.45, 2.75) is 13.8 Å². The van der Waals surface area contributed by atoms with Crippen molar-refractivity contribution < 1.29 is 14.1 Å². The highest BCUT2D eigenvalue weighted by Gasteiger charge is 2.16. The number of benzene rings is 1. The van der Waals surface area contributed by atoms with E-state index in [1.807, 2.05) is 0 Å². The van der Waals surface area contributed by atoms with Gasteiger partial charge >= 0.3 is 5.63 Å². The Labute approximate surface area is 119 Å². The molecule has 0 atom stereocenters. The van der Waals surface area contributed by atoms with Crippen LogP contribution in [0.2, 0.25) is 0 Å². The van der Waals surface area contributed by atoms with E-state index in [2.05, 4.69) is 5.32 Å². The quantitative estimate of drug-likeness (QED) is 0.690. The Hall–Kier alpha value is -2.96. The smallest absolute Gasteiger partial charge is 0.336 e. The molecule has 1 heterocycles. The molecular weight excluding hydrogens is 276 g/mol. The van der Waals surface area contributed by atoms with Crippen LogP contribution in [0.3, 0.4) is 0 Å². The maximum Gasteiger partial charge on any atom is 0.336 e. The second-order valence-electron chi connectivity index (χ2n) is 4.44. The summed E-state index contributed by atoms with van der Waals surface area (Å²) >= 11 is 0. The van der Waals surface area contributed by atoms with Crippen molar-refractivity contribution in [3.05, 3.63) is 67.8 Å². The van der Waals surface area contributed by atoms with E-state index < -0.39 is 16.5 Å². The molecule has 7 nitrogen and oxygen atoms in total. The zero-order valence-electron chi connectivity index (χ0n) is 11.4. The number of aryl methyl sites for hydroxylation is 2. The molecular formula is C14H12N2O5. The highest BCUT2D eigenvalue weighted by Crippen LogP contribution is 2.19. The lowest BCUT2D eigenvalue weighted by atomic mass is 10.1. The molecule has 0 aliphatic heterocycles. The van der Waals surface area contributed by atoms with E-state index in [0.29, 0.717) is 11.3 Å². The number of rotatable bonds is 3. The fourth-order valence-electron chi connectivity index (χ4n) is 1.99. The fourth-order valence-corrected chi connectivity index (χ4v) is 1.99. The summed E-state index contributed by atoms with van der Waals surface area (Å²) in [4.78, 5) is 33.5. The number of amides is 1.